The molecule has 1 atom stereocenters. The third-order valence-electron chi connectivity index (χ3n) is 3.82. The average molecular weight is 375 g/mol. The molecule has 1 amide bonds. The van der Waals surface area contributed by atoms with E-state index in [0.717, 1.165) is 18.3 Å². The van der Waals surface area contributed by atoms with E-state index >= 15 is 0 Å². The Morgan fingerprint density at radius 2 is 2.27 bits per heavy atom. The molecule has 26 heavy (non-hydrogen) atoms. The molecule has 1 aliphatic heterocycles. The summed E-state index contributed by atoms with van der Waals surface area (Å²) >= 11 is 1.16. The normalized spacial score (nSPS) is 16.8. The summed E-state index contributed by atoms with van der Waals surface area (Å²) in [5.74, 6) is -2.70. The highest BCUT2D eigenvalue weighted by Crippen LogP contribution is 2.34. The Hall–Kier alpha value is -2.79. The number of rotatable bonds is 6. The van der Waals surface area contributed by atoms with Crippen molar-refractivity contribution < 1.29 is 18.0 Å². The number of amides is 1. The first-order valence-corrected chi connectivity index (χ1v) is 8.65. The number of nitrogens with one attached hydrogen (secondary N) is 1. The molecule has 1 N–H and O–H groups in total. The minimum Gasteiger partial charge on any atom is -0.467 e. The number of carbonyl (C=O) groups excluding carboxylic acids is 1. The molecule has 0 spiro atoms. The number of nitrogens with zero attached hydrogens (tertiary/aromatic N) is 2. The molecule has 2 aromatic heterocycles. The summed E-state index contributed by atoms with van der Waals surface area (Å²) in [7, 11) is 0. The predicted molar refractivity (Wildman–Crippen MR) is 93.5 cm³/mol. The number of hydrogen-bond acceptors (Lipinski definition) is 5. The highest BCUT2D eigenvalue weighted by atomic mass is 32.1. The van der Waals surface area contributed by atoms with Gasteiger partial charge in [0.25, 0.3) is 11.8 Å². The second kappa shape index (κ2) is 7.22. The third kappa shape index (κ3) is 3.89. The van der Waals surface area contributed by atoms with Crippen molar-refractivity contribution >= 4 is 23.0 Å². The lowest BCUT2D eigenvalue weighted by molar-refractivity contribution is 0.0582. The van der Waals surface area contributed by atoms with Crippen molar-refractivity contribution in [2.75, 3.05) is 0 Å². The Morgan fingerprint density at radius 3 is 2.92 bits per heavy atom. The fraction of sp³-hybridized carbons (Fsp3) is 0.278. The lowest BCUT2D eigenvalue weighted by Gasteiger charge is -2.15. The van der Waals surface area contributed by atoms with Gasteiger partial charge >= 0.3 is 0 Å². The first-order chi connectivity index (χ1) is 12.4. The van der Waals surface area contributed by atoms with E-state index in [9.17, 15) is 13.6 Å². The highest BCUT2D eigenvalue weighted by Gasteiger charge is 2.37. The summed E-state index contributed by atoms with van der Waals surface area (Å²) in [5, 5.41) is 11.6. The van der Waals surface area contributed by atoms with Crippen LogP contribution in [0.15, 0.2) is 51.6 Å². The lowest BCUT2D eigenvalue weighted by Crippen LogP contribution is -2.21. The summed E-state index contributed by atoms with van der Waals surface area (Å²) < 4.78 is 32.6. The van der Waals surface area contributed by atoms with Gasteiger partial charge in [-0.15, -0.1) is 11.3 Å². The minimum absolute atomic E-state index is 0.110. The van der Waals surface area contributed by atoms with Gasteiger partial charge in [0.1, 0.15) is 5.76 Å². The van der Waals surface area contributed by atoms with Crippen molar-refractivity contribution in [3.63, 3.8) is 0 Å². The van der Waals surface area contributed by atoms with Crippen LogP contribution in [0, 0.1) is 11.3 Å². The Kier molecular flexibility index (Phi) is 5.00. The average Bonchev–Trinajstić information content (AvgIpc) is 3.31. The van der Waals surface area contributed by atoms with Gasteiger partial charge in [0, 0.05) is 12.5 Å². The quantitative estimate of drug-likeness (QED) is 0.831. The molecule has 0 aromatic carbocycles. The fourth-order valence-corrected chi connectivity index (χ4v) is 3.47. The first-order valence-electron chi connectivity index (χ1n) is 7.84. The van der Waals surface area contributed by atoms with Crippen molar-refractivity contribution in [1.82, 2.24) is 5.32 Å². The molecular formula is C18H15F2N3O2S. The van der Waals surface area contributed by atoms with Gasteiger partial charge in [0.05, 0.1) is 46.8 Å². The second-order valence-electron chi connectivity index (χ2n) is 5.81. The van der Waals surface area contributed by atoms with Crippen LogP contribution in [-0.4, -0.2) is 23.6 Å². The van der Waals surface area contributed by atoms with Gasteiger partial charge in [0.15, 0.2) is 0 Å². The zero-order valence-corrected chi connectivity index (χ0v) is 14.6. The summed E-state index contributed by atoms with van der Waals surface area (Å²) in [6.45, 7) is 1.06. The molecule has 0 saturated carbocycles. The van der Waals surface area contributed by atoms with E-state index in [1.54, 1.807) is 24.3 Å². The van der Waals surface area contributed by atoms with Crippen LogP contribution in [0.25, 0.3) is 0 Å². The van der Waals surface area contributed by atoms with E-state index in [1.807, 2.05) is 6.07 Å². The van der Waals surface area contributed by atoms with Crippen molar-refractivity contribution in [3.05, 3.63) is 57.7 Å². The Balaban J connectivity index is 1.74. The van der Waals surface area contributed by atoms with E-state index in [4.69, 9.17) is 9.68 Å². The lowest BCUT2D eigenvalue weighted by atomic mass is 10.0. The van der Waals surface area contributed by atoms with E-state index in [0.29, 0.717) is 21.2 Å². The number of carbonyl (C=O) groups is 1. The number of thiophene rings is 1. The van der Waals surface area contributed by atoms with Crippen LogP contribution >= 0.6 is 11.3 Å². The van der Waals surface area contributed by atoms with Crippen LogP contribution in [0.1, 0.15) is 33.7 Å². The van der Waals surface area contributed by atoms with Gasteiger partial charge in [-0.25, -0.2) is 8.78 Å². The number of allylic oxidation sites excluding steroid dienone is 1. The molecule has 3 heterocycles. The highest BCUT2D eigenvalue weighted by molar-refractivity contribution is 7.16. The minimum atomic E-state index is -3.05. The monoisotopic (exact) mass is 375 g/mol. The maximum Gasteiger partial charge on any atom is 0.269 e. The smallest absolute Gasteiger partial charge is 0.269 e. The molecule has 8 heteroatoms. The van der Waals surface area contributed by atoms with Gasteiger partial charge < -0.3 is 9.73 Å². The van der Waals surface area contributed by atoms with E-state index in [1.165, 1.54) is 12.3 Å². The van der Waals surface area contributed by atoms with Crippen LogP contribution < -0.4 is 5.32 Å². The molecule has 134 valence electrons. The Bertz CT molecular complexity index is 902. The molecule has 0 bridgehead atoms. The van der Waals surface area contributed by atoms with Gasteiger partial charge in [-0.1, -0.05) is 0 Å². The molecule has 0 radical (unpaired) electrons. The maximum atomic E-state index is 13.7. The van der Waals surface area contributed by atoms with Crippen molar-refractivity contribution in [2.45, 2.75) is 31.9 Å². The predicted octanol–water partition coefficient (Wildman–Crippen LogP) is 3.94. The molecule has 0 fully saturated rings. The third-order valence-corrected chi connectivity index (χ3v) is 4.93. The van der Waals surface area contributed by atoms with Gasteiger partial charge in [-0.2, -0.15) is 5.26 Å². The molecule has 3 rings (SSSR count). The maximum absolute atomic E-state index is 13.7. The summed E-state index contributed by atoms with van der Waals surface area (Å²) in [4.78, 5) is 17.5. The number of furan rings is 1. The zero-order valence-electron chi connectivity index (χ0n) is 13.8. The van der Waals surface area contributed by atoms with Crippen LogP contribution in [0.3, 0.4) is 0 Å². The zero-order chi connectivity index (χ0) is 18.7. The first kappa shape index (κ1) is 18.0. The van der Waals surface area contributed by atoms with Crippen molar-refractivity contribution in [3.8, 4) is 6.07 Å². The van der Waals surface area contributed by atoms with Crippen LogP contribution in [0.2, 0.25) is 0 Å². The second-order valence-corrected chi connectivity index (χ2v) is 6.89. The summed E-state index contributed by atoms with van der Waals surface area (Å²) in [6, 6.07) is 7.80. The standard InChI is InChI=1S/C18H15F2N3O2S/c1-18(19,20)12-9-14(23-13(12)6-7-21)15-4-5-16(26-15)17(24)22-10-11-3-2-8-25-11/h2-5,8-9,13H,6,10H2,1H3,(H,22,24). The summed E-state index contributed by atoms with van der Waals surface area (Å²) in [5.41, 5.74) is 0.197. The fourth-order valence-electron chi connectivity index (χ4n) is 2.58. The topological polar surface area (TPSA) is 78.4 Å². The SMILES string of the molecule is CC(F)(F)C1=CC(c2ccc(C(=O)NCc3ccco3)s2)=NC1CC#N. The van der Waals surface area contributed by atoms with Gasteiger partial charge in [-0.05, 0) is 30.3 Å². The summed E-state index contributed by atoms with van der Waals surface area (Å²) in [6.07, 6.45) is 2.73. The molecule has 0 aliphatic carbocycles. The molecule has 1 aliphatic rings. The van der Waals surface area contributed by atoms with Crippen LogP contribution in [0.4, 0.5) is 8.78 Å². The number of hydrogen-bond donors (Lipinski definition) is 1. The van der Waals surface area contributed by atoms with Crippen molar-refractivity contribution in [2.24, 2.45) is 4.99 Å². The van der Waals surface area contributed by atoms with Gasteiger partial charge in [0.2, 0.25) is 0 Å². The van der Waals surface area contributed by atoms with E-state index in [2.05, 4.69) is 10.3 Å². The number of alkyl halides is 2. The van der Waals surface area contributed by atoms with Crippen LogP contribution in [-0.2, 0) is 6.54 Å². The molecule has 1 unspecified atom stereocenters. The number of nitriles is 1. The Labute approximate surface area is 152 Å². The van der Waals surface area contributed by atoms with Gasteiger partial charge in [-0.3, -0.25) is 9.79 Å². The largest absolute Gasteiger partial charge is 0.467 e. The van der Waals surface area contributed by atoms with Crippen LogP contribution in [0.5, 0.6) is 0 Å². The molecule has 5 nitrogen and oxygen atoms in total. The van der Waals surface area contributed by atoms with E-state index < -0.39 is 12.0 Å². The van der Waals surface area contributed by atoms with Crippen molar-refractivity contribution in [1.29, 1.82) is 5.26 Å². The number of halogens is 2. The molecule has 0 saturated heterocycles. The van der Waals surface area contributed by atoms with E-state index in [-0.39, 0.29) is 24.4 Å². The molecule has 2 aromatic rings. The number of aliphatic imine (C=N–C) groups is 1. The molecular weight excluding hydrogens is 360 g/mol. The Morgan fingerprint density at radius 1 is 1.46 bits per heavy atom.